The third-order valence-electron chi connectivity index (χ3n) is 8.50. The number of aromatic carboxylic acids is 1. The number of fused-ring (bicyclic) bond motifs is 1. The van der Waals surface area contributed by atoms with E-state index in [0.29, 0.717) is 17.2 Å². The molecule has 0 bridgehead atoms. The first kappa shape index (κ1) is 37.6. The van der Waals surface area contributed by atoms with Gasteiger partial charge in [-0.15, -0.1) is 0 Å². The van der Waals surface area contributed by atoms with Crippen molar-refractivity contribution in [2.24, 2.45) is 0 Å². The van der Waals surface area contributed by atoms with Crippen LogP contribution < -0.4 is 9.46 Å². The molecule has 0 saturated heterocycles. The normalized spacial score (nSPS) is 12.3. The van der Waals surface area contributed by atoms with Crippen LogP contribution in [0, 0.1) is 0 Å². The second-order valence-electron chi connectivity index (χ2n) is 11.9. The summed E-state index contributed by atoms with van der Waals surface area (Å²) in [7, 11) is -5.89. The van der Waals surface area contributed by atoms with Gasteiger partial charge in [0.2, 0.25) is 10.0 Å². The number of carboxylic acid groups (broad SMARTS) is 1. The molecule has 13 heteroatoms. The van der Waals surface area contributed by atoms with E-state index in [-0.39, 0.29) is 46.1 Å². The first-order valence-corrected chi connectivity index (χ1v) is 20.3. The number of nitrogens with zero attached hydrogens (tertiary/aromatic N) is 1. The molecule has 2 N–H and O–H groups in total. The van der Waals surface area contributed by atoms with Gasteiger partial charge in [-0.05, 0) is 71.3 Å². The summed E-state index contributed by atoms with van der Waals surface area (Å²) < 4.78 is 50.5. The van der Waals surface area contributed by atoms with Crippen LogP contribution in [-0.2, 0) is 33.7 Å². The van der Waals surface area contributed by atoms with E-state index in [1.54, 1.807) is 12.1 Å². The number of carbonyl (C=O) groups is 1. The Kier molecular flexibility index (Phi) is 12.1. The number of hydrogen-bond donors (Lipinski definition) is 2. The highest BCUT2D eigenvalue weighted by atomic mass is 35.5. The number of halogens is 3. The van der Waals surface area contributed by atoms with Crippen LogP contribution in [0.25, 0.3) is 10.9 Å². The molecule has 0 fully saturated rings. The maximum atomic E-state index is 13.3. The summed E-state index contributed by atoms with van der Waals surface area (Å²) in [5.41, 5.74) is 4.79. The summed E-state index contributed by atoms with van der Waals surface area (Å²) >= 11 is 19.0. The highest BCUT2D eigenvalue weighted by molar-refractivity contribution is 8.04. The first-order valence-electron chi connectivity index (χ1n) is 16.2. The summed E-state index contributed by atoms with van der Waals surface area (Å²) in [6, 6.07) is 36.1. The van der Waals surface area contributed by atoms with Crippen LogP contribution in [0.2, 0.25) is 15.1 Å². The number of carboxylic acids is 1. The zero-order valence-electron chi connectivity index (χ0n) is 27.5. The van der Waals surface area contributed by atoms with Crippen LogP contribution in [0.5, 0.6) is 5.75 Å². The van der Waals surface area contributed by atoms with Crippen molar-refractivity contribution in [3.63, 3.8) is 0 Å². The summed E-state index contributed by atoms with van der Waals surface area (Å²) in [5.74, 6) is -0.517. The summed E-state index contributed by atoms with van der Waals surface area (Å²) in [4.78, 5) is 11.6. The standard InChI is InChI=1S/C39H33Cl3N2O6S2/c40-32-19-18-30(24-34(32)42)51(47)25-52(48,49)43-22-20-35-31(21-23-50-29-16-14-28(15-17-29)39(45)46)37-33(41)12-7-13-36(37)44(35)38(26-8-3-1-4-9-26)27-10-5-2-6-11-27/h1-19,24,38,43H,20-23,25H2,(H,45,46). The van der Waals surface area contributed by atoms with Gasteiger partial charge >= 0.3 is 5.97 Å². The molecular weight excluding hydrogens is 763 g/mol. The maximum Gasteiger partial charge on any atom is 0.335 e. The Balaban J connectivity index is 1.37. The van der Waals surface area contributed by atoms with Crippen molar-refractivity contribution in [3.05, 3.63) is 164 Å². The highest BCUT2D eigenvalue weighted by Crippen LogP contribution is 2.39. The summed E-state index contributed by atoms with van der Waals surface area (Å²) in [6.07, 6.45) is 0.677. The minimum absolute atomic E-state index is 0.00958. The number of rotatable bonds is 15. The topological polar surface area (TPSA) is 115 Å². The Labute approximate surface area is 319 Å². The van der Waals surface area contributed by atoms with Crippen LogP contribution in [-0.4, -0.2) is 46.5 Å². The highest BCUT2D eigenvalue weighted by Gasteiger charge is 2.27. The molecular formula is C39H33Cl3N2O6S2. The largest absolute Gasteiger partial charge is 0.493 e. The van der Waals surface area contributed by atoms with Gasteiger partial charge in [-0.1, -0.05) is 102 Å². The van der Waals surface area contributed by atoms with Crippen molar-refractivity contribution in [2.75, 3.05) is 18.2 Å². The van der Waals surface area contributed by atoms with E-state index in [1.165, 1.54) is 30.3 Å². The smallest absolute Gasteiger partial charge is 0.335 e. The van der Waals surface area contributed by atoms with E-state index < -0.39 is 31.9 Å². The van der Waals surface area contributed by atoms with Gasteiger partial charge in [0.25, 0.3) is 0 Å². The summed E-state index contributed by atoms with van der Waals surface area (Å²) in [6.45, 7) is 0.245. The molecule has 1 unspecified atom stereocenters. The molecule has 8 nitrogen and oxygen atoms in total. The molecule has 1 aromatic heterocycles. The van der Waals surface area contributed by atoms with Crippen molar-refractivity contribution in [3.8, 4) is 5.75 Å². The molecule has 1 heterocycles. The van der Waals surface area contributed by atoms with Crippen LogP contribution in [0.3, 0.4) is 0 Å². The van der Waals surface area contributed by atoms with Gasteiger partial charge in [-0.25, -0.2) is 17.9 Å². The number of aromatic nitrogens is 1. The molecule has 0 aliphatic heterocycles. The SMILES string of the molecule is O=C(O)c1ccc(OCCc2c(CCNS(=O)(=O)CS(=O)c3ccc(Cl)c(Cl)c3)n(C(c3ccccc3)c3ccccc3)c3cccc(Cl)c23)cc1. The predicted octanol–water partition coefficient (Wildman–Crippen LogP) is 8.79. The van der Waals surface area contributed by atoms with Gasteiger partial charge in [0.05, 0.1) is 49.6 Å². The molecule has 0 amide bonds. The number of ether oxygens (including phenoxy) is 1. The fraction of sp³-hybridized carbons (Fsp3) is 0.154. The Morgan fingerprint density at radius 3 is 2.06 bits per heavy atom. The molecule has 1 atom stereocenters. The molecule has 0 radical (unpaired) electrons. The number of hydrogen-bond acceptors (Lipinski definition) is 5. The van der Waals surface area contributed by atoms with Crippen molar-refractivity contribution < 1.29 is 27.3 Å². The van der Waals surface area contributed by atoms with Gasteiger partial charge in [0, 0.05) is 35.4 Å². The third kappa shape index (κ3) is 8.71. The quantitative estimate of drug-likeness (QED) is 0.107. The first-order chi connectivity index (χ1) is 25.0. The van der Waals surface area contributed by atoms with Crippen LogP contribution in [0.15, 0.2) is 126 Å². The van der Waals surface area contributed by atoms with E-state index in [9.17, 15) is 22.5 Å². The van der Waals surface area contributed by atoms with Gasteiger partial charge in [-0.3, -0.25) is 4.21 Å². The van der Waals surface area contributed by atoms with Crippen LogP contribution >= 0.6 is 34.8 Å². The van der Waals surface area contributed by atoms with Crippen molar-refractivity contribution >= 4 is 72.5 Å². The Morgan fingerprint density at radius 2 is 1.44 bits per heavy atom. The number of nitrogens with one attached hydrogen (secondary N) is 1. The van der Waals surface area contributed by atoms with E-state index in [1.807, 2.05) is 54.6 Å². The van der Waals surface area contributed by atoms with E-state index >= 15 is 0 Å². The van der Waals surface area contributed by atoms with Crippen molar-refractivity contribution in [1.82, 2.24) is 9.29 Å². The maximum absolute atomic E-state index is 13.3. The lowest BCUT2D eigenvalue weighted by molar-refractivity contribution is 0.0696. The minimum atomic E-state index is -4.00. The van der Waals surface area contributed by atoms with Gasteiger partial charge in [0.1, 0.15) is 10.8 Å². The Morgan fingerprint density at radius 1 is 0.788 bits per heavy atom. The lowest BCUT2D eigenvalue weighted by Gasteiger charge is -2.25. The fourth-order valence-electron chi connectivity index (χ4n) is 6.20. The molecule has 0 aliphatic carbocycles. The molecule has 52 heavy (non-hydrogen) atoms. The zero-order chi connectivity index (χ0) is 36.8. The predicted molar refractivity (Wildman–Crippen MR) is 208 cm³/mol. The number of benzene rings is 5. The van der Waals surface area contributed by atoms with E-state index in [4.69, 9.17) is 39.5 Å². The minimum Gasteiger partial charge on any atom is -0.493 e. The average Bonchev–Trinajstić information content (AvgIpc) is 3.43. The molecule has 0 spiro atoms. The van der Waals surface area contributed by atoms with Crippen molar-refractivity contribution in [1.29, 1.82) is 0 Å². The fourth-order valence-corrected chi connectivity index (χ4v) is 9.74. The number of sulfonamides is 1. The Hall–Kier alpha value is -4.16. The van der Waals surface area contributed by atoms with E-state index in [0.717, 1.165) is 33.3 Å². The molecule has 0 aliphatic rings. The van der Waals surface area contributed by atoms with E-state index in [2.05, 4.69) is 33.6 Å². The lowest BCUT2D eigenvalue weighted by atomic mass is 9.97. The molecule has 6 aromatic rings. The molecule has 0 saturated carbocycles. The van der Waals surface area contributed by atoms with Gasteiger partial charge < -0.3 is 14.4 Å². The molecule has 6 rings (SSSR count). The average molecular weight is 796 g/mol. The monoisotopic (exact) mass is 794 g/mol. The zero-order valence-corrected chi connectivity index (χ0v) is 31.4. The van der Waals surface area contributed by atoms with Crippen LogP contribution in [0.1, 0.15) is 38.8 Å². The van der Waals surface area contributed by atoms with Gasteiger partial charge in [0.15, 0.2) is 0 Å². The van der Waals surface area contributed by atoms with Crippen LogP contribution in [0.4, 0.5) is 0 Å². The second-order valence-corrected chi connectivity index (χ2v) is 16.7. The lowest BCUT2D eigenvalue weighted by Crippen LogP contribution is -2.31. The van der Waals surface area contributed by atoms with Crippen molar-refractivity contribution in [2.45, 2.75) is 23.8 Å². The third-order valence-corrected chi connectivity index (χ3v) is 13.1. The van der Waals surface area contributed by atoms with Gasteiger partial charge in [-0.2, -0.15) is 0 Å². The second kappa shape index (κ2) is 16.7. The summed E-state index contributed by atoms with van der Waals surface area (Å²) in [5, 5.41) is 10.5. The molecule has 5 aromatic carbocycles. The molecule has 268 valence electrons. The Bertz CT molecular complexity index is 2300.